The molecule has 13 heavy (non-hydrogen) atoms. The average molecular weight is 186 g/mol. The fraction of sp³-hybridized carbons (Fsp3) is 1.00. The first-order valence-corrected chi connectivity index (χ1v) is 5.60. The first kappa shape index (κ1) is 11.0. The van der Waals surface area contributed by atoms with Gasteiger partial charge in [0.15, 0.2) is 0 Å². The van der Waals surface area contributed by atoms with Gasteiger partial charge in [0, 0.05) is 0 Å². The molecule has 0 aromatic carbocycles. The number of rotatable bonds is 5. The van der Waals surface area contributed by atoms with E-state index in [0.717, 1.165) is 12.8 Å². The Morgan fingerprint density at radius 3 is 2.15 bits per heavy atom. The first-order valence-electron chi connectivity index (χ1n) is 5.60. The molecule has 1 unspecified atom stereocenters. The fourth-order valence-electron chi connectivity index (χ4n) is 2.19. The van der Waals surface area contributed by atoms with E-state index in [2.05, 4.69) is 6.92 Å². The van der Waals surface area contributed by atoms with E-state index in [-0.39, 0.29) is 0 Å². The lowest BCUT2D eigenvalue weighted by Crippen LogP contribution is -2.17. The molecule has 78 valence electrons. The van der Waals surface area contributed by atoms with E-state index >= 15 is 0 Å². The van der Waals surface area contributed by atoms with E-state index in [1.807, 2.05) is 0 Å². The highest BCUT2D eigenvalue weighted by Gasteiger charge is 2.30. The Kier molecular flexibility index (Phi) is 4.74. The van der Waals surface area contributed by atoms with Crippen molar-refractivity contribution in [3.05, 3.63) is 0 Å². The minimum absolute atomic E-state index is 0.448. The highest BCUT2D eigenvalue weighted by molar-refractivity contribution is 4.82. The van der Waals surface area contributed by atoms with Crippen molar-refractivity contribution in [2.24, 2.45) is 5.92 Å². The Morgan fingerprint density at radius 2 is 1.62 bits per heavy atom. The van der Waals surface area contributed by atoms with Crippen molar-refractivity contribution in [1.29, 1.82) is 0 Å². The van der Waals surface area contributed by atoms with Crippen molar-refractivity contribution in [1.82, 2.24) is 0 Å². The maximum absolute atomic E-state index is 9.32. The second-order valence-electron chi connectivity index (χ2n) is 4.32. The maximum Gasteiger partial charge on any atom is 0.0801 e. The molecule has 1 saturated carbocycles. The molecule has 0 radical (unpaired) electrons. The molecular formula is C11H22O2. The Labute approximate surface area is 81.0 Å². The number of aliphatic hydroxyl groups is 2. The van der Waals surface area contributed by atoms with Gasteiger partial charge in [0.05, 0.1) is 12.2 Å². The molecule has 0 bridgehead atoms. The van der Waals surface area contributed by atoms with Gasteiger partial charge in [-0.15, -0.1) is 0 Å². The summed E-state index contributed by atoms with van der Waals surface area (Å²) in [5.74, 6) is 0.571. The third-order valence-corrected chi connectivity index (χ3v) is 3.06. The van der Waals surface area contributed by atoms with Crippen LogP contribution >= 0.6 is 0 Å². The van der Waals surface area contributed by atoms with Crippen LogP contribution in [-0.4, -0.2) is 22.4 Å². The molecule has 0 aromatic rings. The zero-order valence-electron chi connectivity index (χ0n) is 8.58. The van der Waals surface area contributed by atoms with E-state index in [9.17, 15) is 10.2 Å². The van der Waals surface area contributed by atoms with E-state index < -0.39 is 12.2 Å². The van der Waals surface area contributed by atoms with Crippen LogP contribution in [0.15, 0.2) is 0 Å². The smallest absolute Gasteiger partial charge is 0.0801 e. The van der Waals surface area contributed by atoms with E-state index in [0.29, 0.717) is 5.92 Å². The highest BCUT2D eigenvalue weighted by Crippen LogP contribution is 2.30. The van der Waals surface area contributed by atoms with Gasteiger partial charge in [0.25, 0.3) is 0 Å². The zero-order chi connectivity index (χ0) is 9.68. The van der Waals surface area contributed by atoms with Crippen LogP contribution in [0.3, 0.4) is 0 Å². The van der Waals surface area contributed by atoms with Crippen LogP contribution in [0.4, 0.5) is 0 Å². The SMILES string of the molecule is CCCCCCC1C[C@@H](O)[C@@H](O)C1. The average Bonchev–Trinajstić information content (AvgIpc) is 2.41. The normalized spacial score (nSPS) is 33.9. The summed E-state index contributed by atoms with van der Waals surface area (Å²) in [4.78, 5) is 0. The van der Waals surface area contributed by atoms with Gasteiger partial charge >= 0.3 is 0 Å². The van der Waals surface area contributed by atoms with Crippen molar-refractivity contribution in [2.45, 2.75) is 64.1 Å². The van der Waals surface area contributed by atoms with Gasteiger partial charge in [-0.3, -0.25) is 0 Å². The number of aliphatic hydroxyl groups excluding tert-OH is 2. The summed E-state index contributed by atoms with van der Waals surface area (Å²) >= 11 is 0. The Hall–Kier alpha value is -0.0800. The summed E-state index contributed by atoms with van der Waals surface area (Å²) in [6, 6.07) is 0. The lowest BCUT2D eigenvalue weighted by Gasteiger charge is -2.07. The van der Waals surface area contributed by atoms with Crippen molar-refractivity contribution in [2.75, 3.05) is 0 Å². The summed E-state index contributed by atoms with van der Waals surface area (Å²) in [7, 11) is 0. The number of unbranched alkanes of at least 4 members (excludes halogenated alkanes) is 3. The predicted octanol–water partition coefficient (Wildman–Crippen LogP) is 2.09. The Bertz CT molecular complexity index is 126. The molecule has 0 heterocycles. The minimum Gasteiger partial charge on any atom is -0.390 e. The molecule has 1 aliphatic carbocycles. The summed E-state index contributed by atoms with van der Waals surface area (Å²) in [5.41, 5.74) is 0. The van der Waals surface area contributed by atoms with Crippen LogP contribution in [0.2, 0.25) is 0 Å². The van der Waals surface area contributed by atoms with Crippen LogP contribution in [0.5, 0.6) is 0 Å². The largest absolute Gasteiger partial charge is 0.390 e. The maximum atomic E-state index is 9.32. The van der Waals surface area contributed by atoms with E-state index in [1.165, 1.54) is 32.1 Å². The van der Waals surface area contributed by atoms with Gasteiger partial charge in [-0.05, 0) is 18.8 Å². The number of hydrogen-bond donors (Lipinski definition) is 2. The lowest BCUT2D eigenvalue weighted by atomic mass is 9.99. The van der Waals surface area contributed by atoms with Gasteiger partial charge in [0.1, 0.15) is 0 Å². The molecule has 2 N–H and O–H groups in total. The molecule has 2 heteroatoms. The summed E-state index contributed by atoms with van der Waals surface area (Å²) in [6.07, 6.45) is 7.08. The van der Waals surface area contributed by atoms with Crippen LogP contribution in [0.25, 0.3) is 0 Å². The third kappa shape index (κ3) is 3.65. The summed E-state index contributed by atoms with van der Waals surface area (Å²) in [5, 5.41) is 18.6. The Balaban J connectivity index is 2.03. The van der Waals surface area contributed by atoms with Crippen LogP contribution < -0.4 is 0 Å². The second-order valence-corrected chi connectivity index (χ2v) is 4.32. The topological polar surface area (TPSA) is 40.5 Å². The zero-order valence-corrected chi connectivity index (χ0v) is 8.58. The Morgan fingerprint density at radius 1 is 1.00 bits per heavy atom. The van der Waals surface area contributed by atoms with E-state index in [1.54, 1.807) is 0 Å². The summed E-state index contributed by atoms with van der Waals surface area (Å²) < 4.78 is 0. The molecule has 0 saturated heterocycles. The molecule has 1 fully saturated rings. The number of hydrogen-bond acceptors (Lipinski definition) is 2. The third-order valence-electron chi connectivity index (χ3n) is 3.06. The van der Waals surface area contributed by atoms with Gasteiger partial charge in [-0.1, -0.05) is 39.0 Å². The van der Waals surface area contributed by atoms with Crippen LogP contribution in [-0.2, 0) is 0 Å². The molecular weight excluding hydrogens is 164 g/mol. The molecule has 2 nitrogen and oxygen atoms in total. The molecule has 0 aromatic heterocycles. The second kappa shape index (κ2) is 5.61. The lowest BCUT2D eigenvalue weighted by molar-refractivity contribution is 0.0438. The highest BCUT2D eigenvalue weighted by atomic mass is 16.3. The molecule has 0 spiro atoms. The molecule has 3 atom stereocenters. The molecule has 1 rings (SSSR count). The first-order chi connectivity index (χ1) is 6.24. The molecule has 1 aliphatic rings. The molecule has 0 aliphatic heterocycles. The molecule has 0 amide bonds. The van der Waals surface area contributed by atoms with Gasteiger partial charge < -0.3 is 10.2 Å². The van der Waals surface area contributed by atoms with Crippen molar-refractivity contribution >= 4 is 0 Å². The van der Waals surface area contributed by atoms with Crippen molar-refractivity contribution in [3.8, 4) is 0 Å². The standard InChI is InChI=1S/C11H22O2/c1-2-3-4-5-6-9-7-10(12)11(13)8-9/h9-13H,2-8H2,1H3/t9?,10-,11+. The predicted molar refractivity (Wildman–Crippen MR) is 53.5 cm³/mol. The van der Waals surface area contributed by atoms with Crippen LogP contribution in [0.1, 0.15) is 51.9 Å². The van der Waals surface area contributed by atoms with E-state index in [4.69, 9.17) is 0 Å². The quantitative estimate of drug-likeness (QED) is 0.645. The monoisotopic (exact) mass is 186 g/mol. The minimum atomic E-state index is -0.448. The van der Waals surface area contributed by atoms with Crippen LogP contribution in [0, 0.1) is 5.92 Å². The fourth-order valence-corrected chi connectivity index (χ4v) is 2.19. The van der Waals surface area contributed by atoms with Gasteiger partial charge in [-0.2, -0.15) is 0 Å². The van der Waals surface area contributed by atoms with Gasteiger partial charge in [-0.25, -0.2) is 0 Å². The van der Waals surface area contributed by atoms with Gasteiger partial charge in [0.2, 0.25) is 0 Å². The summed E-state index contributed by atoms with van der Waals surface area (Å²) in [6.45, 7) is 2.21. The van der Waals surface area contributed by atoms with Crippen molar-refractivity contribution in [3.63, 3.8) is 0 Å². The van der Waals surface area contributed by atoms with Crippen molar-refractivity contribution < 1.29 is 10.2 Å².